The van der Waals surface area contributed by atoms with E-state index in [1.807, 2.05) is 37.5 Å². The zero-order valence-corrected chi connectivity index (χ0v) is 11.1. The number of unbranched alkanes of at least 4 members (excludes halogenated alkanes) is 1. The predicted molar refractivity (Wildman–Crippen MR) is 64.5 cm³/mol. The third kappa shape index (κ3) is 38.3. The molecule has 0 saturated heterocycles. The predicted octanol–water partition coefficient (Wildman–Crippen LogP) is 2.48. The molecule has 0 saturated carbocycles. The molecule has 19 heavy (non-hydrogen) atoms. The monoisotopic (exact) mass is 305 g/mol. The van der Waals surface area contributed by atoms with Crippen LogP contribution in [0.4, 0.5) is 17.3 Å². The van der Waals surface area contributed by atoms with Gasteiger partial charge < -0.3 is 17.3 Å². The number of aromatic amines is 1. The van der Waals surface area contributed by atoms with Crippen molar-refractivity contribution in [3.63, 3.8) is 0 Å². The number of nitrogens with one attached hydrogen (secondary N) is 1. The molecule has 0 atom stereocenters. The molecule has 0 aliphatic rings. The van der Waals surface area contributed by atoms with Crippen molar-refractivity contribution in [3.05, 3.63) is 30.6 Å². The quantitative estimate of drug-likeness (QED) is 0.530. The summed E-state index contributed by atoms with van der Waals surface area (Å²) >= 11 is 0. The van der Waals surface area contributed by atoms with Crippen molar-refractivity contribution in [1.29, 1.82) is 0 Å². The fourth-order valence-corrected chi connectivity index (χ4v) is 1.32. The molecule has 1 aromatic rings. The van der Waals surface area contributed by atoms with Crippen LogP contribution in [0.15, 0.2) is 30.6 Å². The van der Waals surface area contributed by atoms with Gasteiger partial charge in [-0.3, -0.25) is 4.55 Å². The van der Waals surface area contributed by atoms with E-state index in [0.29, 0.717) is 6.42 Å². The molecule has 0 aliphatic heterocycles. The lowest BCUT2D eigenvalue weighted by Crippen LogP contribution is -2.02. The van der Waals surface area contributed by atoms with Crippen molar-refractivity contribution in [1.82, 2.24) is 0 Å². The molecule has 0 bridgehead atoms. The maximum atomic E-state index is 9.95. The molecule has 2 N–H and O–H groups in total. The third-order valence-electron chi connectivity index (χ3n) is 1.36. The average Bonchev–Trinajstić information content (AvgIpc) is 2.26. The van der Waals surface area contributed by atoms with Crippen LogP contribution in [0.3, 0.4) is 0 Å². The Labute approximate surface area is 109 Å². The van der Waals surface area contributed by atoms with Crippen LogP contribution >= 0.6 is 0 Å². The lowest BCUT2D eigenvalue weighted by Gasteiger charge is -1.94. The molecule has 1 heterocycles. The minimum Gasteiger partial charge on any atom is -0.418 e. The Bertz CT molecular complexity index is 367. The Morgan fingerprint density at radius 1 is 1.11 bits per heavy atom. The number of hydrogen-bond donors (Lipinski definition) is 1. The highest BCUT2D eigenvalue weighted by atomic mass is 32.2. The van der Waals surface area contributed by atoms with Gasteiger partial charge in [0.2, 0.25) is 0 Å². The molecule has 0 aromatic carbocycles. The molecule has 0 amide bonds. The Hall–Kier alpha value is -1.16. The number of halogens is 4. The van der Waals surface area contributed by atoms with E-state index < -0.39 is 17.4 Å². The maximum Gasteiger partial charge on any atom is 0.673 e. The number of pyridine rings is 1. The van der Waals surface area contributed by atoms with Crippen molar-refractivity contribution in [2.75, 3.05) is 5.75 Å². The normalized spacial score (nSPS) is 10.6. The van der Waals surface area contributed by atoms with Gasteiger partial charge in [-0.1, -0.05) is 19.4 Å². The van der Waals surface area contributed by atoms with Crippen LogP contribution in [0.25, 0.3) is 0 Å². The first-order chi connectivity index (χ1) is 8.56. The molecule has 0 spiro atoms. The molecular weight excluding hydrogens is 289 g/mol. The van der Waals surface area contributed by atoms with E-state index >= 15 is 0 Å². The first-order valence-electron chi connectivity index (χ1n) is 5.30. The number of rotatable bonds is 3. The van der Waals surface area contributed by atoms with Crippen molar-refractivity contribution in [3.8, 4) is 0 Å². The van der Waals surface area contributed by atoms with Crippen molar-refractivity contribution < 1.29 is 35.2 Å². The highest BCUT2D eigenvalue weighted by Crippen LogP contribution is 2.06. The summed E-state index contributed by atoms with van der Waals surface area (Å²) < 4.78 is 67.0. The molecule has 0 fully saturated rings. The van der Waals surface area contributed by atoms with Crippen molar-refractivity contribution in [2.45, 2.75) is 19.8 Å². The molecule has 0 radical (unpaired) electrons. The van der Waals surface area contributed by atoms with Crippen LogP contribution in [0.1, 0.15) is 19.8 Å². The molecule has 1 rings (SSSR count). The highest BCUT2D eigenvalue weighted by Gasteiger charge is 2.20. The maximum absolute atomic E-state index is 9.95. The fraction of sp³-hybridized carbons (Fsp3) is 0.444. The van der Waals surface area contributed by atoms with Crippen molar-refractivity contribution in [2.24, 2.45) is 0 Å². The summed E-state index contributed by atoms with van der Waals surface area (Å²) in [5.74, 6) is -0.108. The van der Waals surface area contributed by atoms with Gasteiger partial charge in [0, 0.05) is 12.1 Å². The summed E-state index contributed by atoms with van der Waals surface area (Å²) in [4.78, 5) is 2.89. The van der Waals surface area contributed by atoms with Crippen LogP contribution in [-0.4, -0.2) is 26.0 Å². The second-order valence-corrected chi connectivity index (χ2v) is 4.78. The Morgan fingerprint density at radius 3 is 1.63 bits per heavy atom. The first kappa shape index (κ1) is 20.2. The molecule has 0 aliphatic carbocycles. The number of H-pyrrole nitrogens is 1. The largest absolute Gasteiger partial charge is 0.673 e. The van der Waals surface area contributed by atoms with Crippen LogP contribution < -0.4 is 4.98 Å². The second-order valence-electron chi connectivity index (χ2n) is 3.21. The molecule has 112 valence electrons. The summed E-state index contributed by atoms with van der Waals surface area (Å²) in [7, 11) is -9.69. The minimum absolute atomic E-state index is 0.108. The highest BCUT2D eigenvalue weighted by molar-refractivity contribution is 7.85. The second kappa shape index (κ2) is 10.7. The Balaban J connectivity index is 0. The molecular formula is C9H16BF4NO3S. The van der Waals surface area contributed by atoms with Gasteiger partial charge in [-0.15, -0.1) is 0 Å². The van der Waals surface area contributed by atoms with Crippen LogP contribution in [0.2, 0.25) is 0 Å². The fourth-order valence-electron chi connectivity index (χ4n) is 0.669. The lowest BCUT2D eigenvalue weighted by atomic mass is 10.3. The summed E-state index contributed by atoms with van der Waals surface area (Å²) in [5, 5.41) is 0. The van der Waals surface area contributed by atoms with E-state index in [-0.39, 0.29) is 5.75 Å². The zero-order chi connectivity index (χ0) is 15.4. The summed E-state index contributed by atoms with van der Waals surface area (Å²) in [5.41, 5.74) is 0. The summed E-state index contributed by atoms with van der Waals surface area (Å²) in [6.07, 6.45) is 5.08. The van der Waals surface area contributed by atoms with E-state index in [1.54, 1.807) is 0 Å². The van der Waals surface area contributed by atoms with E-state index in [1.165, 1.54) is 0 Å². The minimum atomic E-state index is -6.00. The van der Waals surface area contributed by atoms with Crippen molar-refractivity contribution >= 4 is 17.4 Å². The molecule has 0 unspecified atom stereocenters. The van der Waals surface area contributed by atoms with Gasteiger partial charge in [0.05, 0.1) is 5.75 Å². The number of hydrogen-bond acceptors (Lipinski definition) is 2. The average molecular weight is 305 g/mol. The topological polar surface area (TPSA) is 68.5 Å². The standard InChI is InChI=1S/C5H5N.C4H10O3S.BF4/c1-2-4-6-5-3-1;1-2-3-4-8(5,6)7;2-1(3,4)5/h1-5H;2-4H2,1H3,(H,5,6,7);/q;;-1/p+1. The molecule has 10 heteroatoms. The van der Waals surface area contributed by atoms with Gasteiger partial charge >= 0.3 is 7.25 Å². The van der Waals surface area contributed by atoms with E-state index in [2.05, 4.69) is 4.98 Å². The molecule has 4 nitrogen and oxygen atoms in total. The smallest absolute Gasteiger partial charge is 0.418 e. The van der Waals surface area contributed by atoms with Crippen LogP contribution in [-0.2, 0) is 10.1 Å². The SMILES string of the molecule is CCCCS(=O)(=O)O.F[B-](F)(F)F.c1cc[nH+]cc1. The lowest BCUT2D eigenvalue weighted by molar-refractivity contribution is -0.377. The van der Waals surface area contributed by atoms with Crippen LogP contribution in [0.5, 0.6) is 0 Å². The zero-order valence-electron chi connectivity index (χ0n) is 10.3. The van der Waals surface area contributed by atoms with Gasteiger partial charge in [-0.2, -0.15) is 8.42 Å². The van der Waals surface area contributed by atoms with Gasteiger partial charge in [-0.25, -0.2) is 4.98 Å². The summed E-state index contributed by atoms with van der Waals surface area (Å²) in [6, 6.07) is 5.86. The Morgan fingerprint density at radius 2 is 1.53 bits per heavy atom. The molecule has 1 aromatic heterocycles. The van der Waals surface area contributed by atoms with E-state index in [4.69, 9.17) is 4.55 Å². The Kier molecular flexibility index (Phi) is 11.4. The number of aromatic nitrogens is 1. The summed E-state index contributed by atoms with van der Waals surface area (Å²) in [6.45, 7) is 1.87. The van der Waals surface area contributed by atoms with Gasteiger partial charge in [-0.05, 0) is 6.42 Å². The third-order valence-corrected chi connectivity index (χ3v) is 2.17. The van der Waals surface area contributed by atoms with Gasteiger partial charge in [0.1, 0.15) is 0 Å². The van der Waals surface area contributed by atoms with Crippen LogP contribution in [0, 0.1) is 0 Å². The first-order valence-corrected chi connectivity index (χ1v) is 6.90. The van der Waals surface area contributed by atoms with Gasteiger partial charge in [0.25, 0.3) is 10.1 Å². The van der Waals surface area contributed by atoms with E-state index in [0.717, 1.165) is 6.42 Å². The van der Waals surface area contributed by atoms with E-state index in [9.17, 15) is 25.7 Å². The van der Waals surface area contributed by atoms with Gasteiger partial charge in [0.15, 0.2) is 12.4 Å².